The molecule has 0 aliphatic rings. The van der Waals surface area contributed by atoms with Gasteiger partial charge in [0.2, 0.25) is 0 Å². The van der Waals surface area contributed by atoms with Crippen molar-refractivity contribution in [3.63, 3.8) is 0 Å². The van der Waals surface area contributed by atoms with Crippen molar-refractivity contribution >= 4 is 16.8 Å². The maximum atomic E-state index is 14.5. The van der Waals surface area contributed by atoms with Gasteiger partial charge in [0.05, 0.1) is 5.56 Å². The Balaban J connectivity index is 1.84. The number of fused-ring (bicyclic) bond motifs is 1. The molecule has 0 heterocycles. The lowest BCUT2D eigenvalue weighted by Gasteiger charge is -2.19. The molecule has 3 aromatic carbocycles. The van der Waals surface area contributed by atoms with Crippen LogP contribution in [0.15, 0.2) is 73.3 Å². The van der Waals surface area contributed by atoms with Gasteiger partial charge in [0.1, 0.15) is 23.9 Å². The van der Waals surface area contributed by atoms with E-state index < -0.39 is 23.6 Å². The fourth-order valence-corrected chi connectivity index (χ4v) is 2.69. The molecule has 0 radical (unpaired) electrons. The van der Waals surface area contributed by atoms with Crippen molar-refractivity contribution in [1.82, 2.24) is 0 Å². The van der Waals surface area contributed by atoms with E-state index in [4.69, 9.17) is 9.47 Å². The Bertz CT molecular complexity index is 1050. The number of halogens is 5. The van der Waals surface area contributed by atoms with Gasteiger partial charge in [-0.3, -0.25) is 0 Å². The average molecular weight is 406 g/mol. The number of hydrogen-bond donors (Lipinski definition) is 0. The summed E-state index contributed by atoms with van der Waals surface area (Å²) in [6, 6.07) is 11.2. The van der Waals surface area contributed by atoms with Gasteiger partial charge in [-0.25, -0.2) is 4.39 Å². The predicted molar refractivity (Wildman–Crippen MR) is 101 cm³/mol. The standard InChI is InChI=1S/C22H15F5O2/c1-2-11-28-17-7-5-16(6-8-17)22(26,27)29-18-9-10-19-14(12-18)3-4-15(21(19)25)13-20(23)24/h2-10,12-13H,1,11H2. The zero-order chi connectivity index (χ0) is 21.0. The fourth-order valence-electron chi connectivity index (χ4n) is 2.69. The molecule has 0 atom stereocenters. The van der Waals surface area contributed by atoms with E-state index in [2.05, 4.69) is 6.58 Å². The molecule has 0 aliphatic carbocycles. The minimum absolute atomic E-state index is 0.0133. The number of benzene rings is 3. The van der Waals surface area contributed by atoms with Crippen molar-refractivity contribution in [1.29, 1.82) is 0 Å². The van der Waals surface area contributed by atoms with E-state index in [9.17, 15) is 22.0 Å². The lowest BCUT2D eigenvalue weighted by Crippen LogP contribution is -2.21. The van der Waals surface area contributed by atoms with Crippen molar-refractivity contribution in [3.8, 4) is 11.5 Å². The molecule has 0 saturated heterocycles. The van der Waals surface area contributed by atoms with E-state index in [1.165, 1.54) is 48.5 Å². The van der Waals surface area contributed by atoms with Crippen LogP contribution in [-0.2, 0) is 6.11 Å². The smallest absolute Gasteiger partial charge is 0.426 e. The molecule has 0 spiro atoms. The summed E-state index contributed by atoms with van der Waals surface area (Å²) in [4.78, 5) is 0. The summed E-state index contributed by atoms with van der Waals surface area (Å²) in [6.45, 7) is 3.74. The maximum Gasteiger partial charge on any atom is 0.426 e. The Kier molecular flexibility index (Phi) is 5.87. The Labute approximate surface area is 163 Å². The maximum absolute atomic E-state index is 14.5. The minimum atomic E-state index is -3.65. The van der Waals surface area contributed by atoms with Crippen LogP contribution in [0.3, 0.4) is 0 Å². The summed E-state index contributed by atoms with van der Waals surface area (Å²) in [6.07, 6.45) is -3.76. The van der Waals surface area contributed by atoms with Gasteiger partial charge < -0.3 is 9.47 Å². The molecule has 0 saturated carbocycles. The summed E-state index contributed by atoms with van der Waals surface area (Å²) < 4.78 is 78.0. The summed E-state index contributed by atoms with van der Waals surface area (Å²) in [7, 11) is 0. The molecule has 0 amide bonds. The molecule has 3 rings (SSSR count). The molecular weight excluding hydrogens is 391 g/mol. The summed E-state index contributed by atoms with van der Waals surface area (Å²) in [5.74, 6) is -0.669. The van der Waals surface area contributed by atoms with Crippen LogP contribution < -0.4 is 9.47 Å². The SMILES string of the molecule is C=CCOc1ccc(C(F)(F)Oc2ccc3c(F)c(C=C(F)F)ccc3c2)cc1. The molecule has 2 nitrogen and oxygen atoms in total. The first-order valence-corrected chi connectivity index (χ1v) is 8.46. The Morgan fingerprint density at radius 2 is 1.66 bits per heavy atom. The van der Waals surface area contributed by atoms with Gasteiger partial charge in [-0.05, 0) is 47.9 Å². The normalized spacial score (nSPS) is 11.2. The molecule has 29 heavy (non-hydrogen) atoms. The van der Waals surface area contributed by atoms with Crippen LogP contribution in [-0.4, -0.2) is 6.61 Å². The van der Waals surface area contributed by atoms with E-state index >= 15 is 0 Å². The highest BCUT2D eigenvalue weighted by molar-refractivity contribution is 5.86. The van der Waals surface area contributed by atoms with E-state index in [-0.39, 0.29) is 28.7 Å². The van der Waals surface area contributed by atoms with E-state index in [0.717, 1.165) is 12.1 Å². The van der Waals surface area contributed by atoms with Gasteiger partial charge in [0.25, 0.3) is 6.08 Å². The van der Waals surface area contributed by atoms with Crippen LogP contribution >= 0.6 is 0 Å². The molecule has 0 unspecified atom stereocenters. The quantitative estimate of drug-likeness (QED) is 0.314. The third-order valence-electron chi connectivity index (χ3n) is 4.02. The lowest BCUT2D eigenvalue weighted by molar-refractivity contribution is -0.185. The van der Waals surface area contributed by atoms with E-state index in [1.54, 1.807) is 0 Å². The molecule has 150 valence electrons. The number of alkyl halides is 2. The molecule has 7 heteroatoms. The van der Waals surface area contributed by atoms with Crippen LogP contribution in [0.25, 0.3) is 16.8 Å². The first kappa shape index (κ1) is 20.4. The zero-order valence-electron chi connectivity index (χ0n) is 15.0. The molecule has 0 aromatic heterocycles. The highest BCUT2D eigenvalue weighted by Crippen LogP contribution is 2.34. The lowest BCUT2D eigenvalue weighted by atomic mass is 10.1. The number of rotatable bonds is 7. The summed E-state index contributed by atoms with van der Waals surface area (Å²) in [5.41, 5.74) is -0.691. The highest BCUT2D eigenvalue weighted by atomic mass is 19.3. The van der Waals surface area contributed by atoms with Gasteiger partial charge in [0.15, 0.2) is 0 Å². The van der Waals surface area contributed by atoms with Gasteiger partial charge in [0, 0.05) is 17.0 Å². The third kappa shape index (κ3) is 4.74. The van der Waals surface area contributed by atoms with E-state index in [0.29, 0.717) is 11.8 Å². The Morgan fingerprint density at radius 3 is 2.31 bits per heavy atom. The molecule has 3 aromatic rings. The van der Waals surface area contributed by atoms with Crippen molar-refractivity contribution in [2.45, 2.75) is 6.11 Å². The summed E-state index contributed by atoms with van der Waals surface area (Å²) in [5, 5.41) is 0.250. The monoisotopic (exact) mass is 406 g/mol. The van der Waals surface area contributed by atoms with Gasteiger partial charge in [-0.15, -0.1) is 0 Å². The first-order chi connectivity index (χ1) is 13.8. The predicted octanol–water partition coefficient (Wildman–Crippen LogP) is 6.91. The van der Waals surface area contributed by atoms with Crippen molar-refractivity contribution in [3.05, 3.63) is 90.3 Å². The van der Waals surface area contributed by atoms with Crippen molar-refractivity contribution in [2.24, 2.45) is 0 Å². The molecular formula is C22H15F5O2. The first-order valence-electron chi connectivity index (χ1n) is 8.46. The third-order valence-corrected chi connectivity index (χ3v) is 4.02. The second kappa shape index (κ2) is 8.34. The fraction of sp³-hybridized carbons (Fsp3) is 0.0909. The Morgan fingerprint density at radius 1 is 0.966 bits per heavy atom. The van der Waals surface area contributed by atoms with Crippen LogP contribution in [0, 0.1) is 5.82 Å². The second-order valence-corrected chi connectivity index (χ2v) is 6.03. The topological polar surface area (TPSA) is 18.5 Å². The van der Waals surface area contributed by atoms with E-state index in [1.807, 2.05) is 0 Å². The van der Waals surface area contributed by atoms with Crippen LogP contribution in [0.2, 0.25) is 0 Å². The van der Waals surface area contributed by atoms with Gasteiger partial charge in [-0.1, -0.05) is 24.8 Å². The molecule has 0 N–H and O–H groups in total. The van der Waals surface area contributed by atoms with Crippen LogP contribution in [0.1, 0.15) is 11.1 Å². The largest absolute Gasteiger partial charge is 0.490 e. The molecule has 0 bridgehead atoms. The molecule has 0 fully saturated rings. The highest BCUT2D eigenvalue weighted by Gasteiger charge is 2.34. The van der Waals surface area contributed by atoms with Crippen molar-refractivity contribution in [2.75, 3.05) is 6.61 Å². The number of ether oxygens (including phenoxy) is 2. The van der Waals surface area contributed by atoms with Crippen LogP contribution in [0.4, 0.5) is 22.0 Å². The van der Waals surface area contributed by atoms with Crippen molar-refractivity contribution < 1.29 is 31.4 Å². The second-order valence-electron chi connectivity index (χ2n) is 6.03. The zero-order valence-corrected chi connectivity index (χ0v) is 15.0. The van der Waals surface area contributed by atoms with Crippen LogP contribution in [0.5, 0.6) is 11.5 Å². The van der Waals surface area contributed by atoms with Gasteiger partial charge in [-0.2, -0.15) is 17.6 Å². The molecule has 0 aliphatic heterocycles. The Hall–Kier alpha value is -3.35. The average Bonchev–Trinajstić information content (AvgIpc) is 2.68. The summed E-state index contributed by atoms with van der Waals surface area (Å²) >= 11 is 0. The number of hydrogen-bond acceptors (Lipinski definition) is 2. The minimum Gasteiger partial charge on any atom is -0.490 e. The van der Waals surface area contributed by atoms with Gasteiger partial charge >= 0.3 is 6.11 Å².